The van der Waals surface area contributed by atoms with Gasteiger partial charge in [-0.05, 0) is 42.4 Å². The molecule has 2 rings (SSSR count). The fourth-order valence-electron chi connectivity index (χ4n) is 1.75. The van der Waals surface area contributed by atoms with E-state index in [0.29, 0.717) is 0 Å². The zero-order valence-corrected chi connectivity index (χ0v) is 8.03. The van der Waals surface area contributed by atoms with E-state index in [1.54, 1.807) is 11.8 Å². The molecule has 0 amide bonds. The van der Waals surface area contributed by atoms with E-state index in [4.69, 9.17) is 5.73 Å². The molecule has 2 N–H and O–H groups in total. The van der Waals surface area contributed by atoms with Gasteiger partial charge in [0.2, 0.25) is 0 Å². The first-order valence-electron chi connectivity index (χ1n) is 4.23. The molecule has 0 heterocycles. The maximum Gasteiger partial charge on any atom is 0.0300 e. The molecule has 0 bridgehead atoms. The molecule has 1 nitrogen and oxygen atoms in total. The largest absolute Gasteiger partial charge is 0.324 e. The third kappa shape index (κ3) is 1.25. The lowest BCUT2D eigenvalue weighted by Gasteiger charge is -2.04. The molecule has 64 valence electrons. The van der Waals surface area contributed by atoms with Gasteiger partial charge in [-0.1, -0.05) is 6.07 Å². The Morgan fingerprint density at radius 3 is 3.08 bits per heavy atom. The van der Waals surface area contributed by atoms with Gasteiger partial charge in [0.05, 0.1) is 0 Å². The van der Waals surface area contributed by atoms with Crippen LogP contribution in [0.15, 0.2) is 23.1 Å². The van der Waals surface area contributed by atoms with Crippen molar-refractivity contribution in [2.45, 2.75) is 23.8 Å². The summed E-state index contributed by atoms with van der Waals surface area (Å²) in [4.78, 5) is 1.35. The van der Waals surface area contributed by atoms with Crippen LogP contribution in [0.5, 0.6) is 0 Å². The van der Waals surface area contributed by atoms with Gasteiger partial charge in [0.1, 0.15) is 0 Å². The maximum atomic E-state index is 5.93. The van der Waals surface area contributed by atoms with E-state index in [2.05, 4.69) is 24.5 Å². The fraction of sp³-hybridized carbons (Fsp3) is 0.400. The van der Waals surface area contributed by atoms with Crippen LogP contribution < -0.4 is 5.73 Å². The molecule has 0 saturated heterocycles. The van der Waals surface area contributed by atoms with Crippen LogP contribution in [0.1, 0.15) is 23.6 Å². The highest BCUT2D eigenvalue weighted by molar-refractivity contribution is 7.98. The van der Waals surface area contributed by atoms with Crippen LogP contribution in [-0.4, -0.2) is 6.26 Å². The molecule has 2 heteroatoms. The predicted molar refractivity (Wildman–Crippen MR) is 53.5 cm³/mol. The Bertz CT molecular complexity index is 296. The molecule has 1 atom stereocenters. The van der Waals surface area contributed by atoms with Crippen molar-refractivity contribution >= 4 is 11.8 Å². The average Bonchev–Trinajstić information content (AvgIpc) is 2.47. The molecule has 0 unspecified atom stereocenters. The summed E-state index contributed by atoms with van der Waals surface area (Å²) in [7, 11) is 0. The normalized spacial score (nSPS) is 21.0. The van der Waals surface area contributed by atoms with Crippen LogP contribution in [0.3, 0.4) is 0 Å². The quantitative estimate of drug-likeness (QED) is 0.670. The van der Waals surface area contributed by atoms with Crippen LogP contribution in [0.2, 0.25) is 0 Å². The van der Waals surface area contributed by atoms with E-state index in [1.807, 2.05) is 0 Å². The molecular weight excluding hydrogens is 166 g/mol. The molecule has 1 aliphatic rings. The molecule has 0 fully saturated rings. The lowest BCUT2D eigenvalue weighted by molar-refractivity contribution is 0.713. The summed E-state index contributed by atoms with van der Waals surface area (Å²) >= 11 is 1.80. The smallest absolute Gasteiger partial charge is 0.0300 e. The maximum absolute atomic E-state index is 5.93. The number of fused-ring (bicyclic) bond motifs is 1. The van der Waals surface area contributed by atoms with Crippen LogP contribution >= 0.6 is 11.8 Å². The van der Waals surface area contributed by atoms with Crippen molar-refractivity contribution in [2.75, 3.05) is 6.26 Å². The third-order valence-corrected chi connectivity index (χ3v) is 3.20. The van der Waals surface area contributed by atoms with Gasteiger partial charge in [-0.25, -0.2) is 0 Å². The van der Waals surface area contributed by atoms with E-state index < -0.39 is 0 Å². The number of hydrogen-bond donors (Lipinski definition) is 1. The van der Waals surface area contributed by atoms with Gasteiger partial charge in [0, 0.05) is 10.9 Å². The molecule has 0 aromatic heterocycles. The molecule has 0 radical (unpaired) electrons. The lowest BCUT2D eigenvalue weighted by Crippen LogP contribution is -2.04. The van der Waals surface area contributed by atoms with Gasteiger partial charge in [-0.15, -0.1) is 11.8 Å². The molecule has 0 aliphatic heterocycles. The molecular formula is C10H13NS. The Morgan fingerprint density at radius 1 is 1.50 bits per heavy atom. The minimum Gasteiger partial charge on any atom is -0.324 e. The van der Waals surface area contributed by atoms with E-state index in [0.717, 1.165) is 12.8 Å². The fourth-order valence-corrected chi connectivity index (χ4v) is 2.22. The number of nitrogens with two attached hydrogens (primary N) is 1. The summed E-state index contributed by atoms with van der Waals surface area (Å²) in [6.07, 6.45) is 4.38. The molecule has 1 aromatic rings. The first kappa shape index (κ1) is 8.14. The van der Waals surface area contributed by atoms with Gasteiger partial charge in [-0.2, -0.15) is 0 Å². The van der Waals surface area contributed by atoms with Crippen LogP contribution in [0.25, 0.3) is 0 Å². The Hall–Kier alpha value is -0.470. The highest BCUT2D eigenvalue weighted by Crippen LogP contribution is 2.31. The Kier molecular flexibility index (Phi) is 2.11. The van der Waals surface area contributed by atoms with Crippen molar-refractivity contribution < 1.29 is 0 Å². The molecule has 1 aliphatic carbocycles. The minimum absolute atomic E-state index is 0.288. The lowest BCUT2D eigenvalue weighted by atomic mass is 10.1. The highest BCUT2D eigenvalue weighted by Gasteiger charge is 2.18. The van der Waals surface area contributed by atoms with Gasteiger partial charge in [0.15, 0.2) is 0 Å². The third-order valence-electron chi connectivity index (χ3n) is 2.47. The van der Waals surface area contributed by atoms with Crippen molar-refractivity contribution in [3.63, 3.8) is 0 Å². The Labute approximate surface area is 77.3 Å². The Balaban J connectivity index is 2.41. The Morgan fingerprint density at radius 2 is 2.33 bits per heavy atom. The molecule has 0 spiro atoms. The SMILES string of the molecule is CSc1ccc2c(c1)CC[C@@H]2N. The van der Waals surface area contributed by atoms with Crippen LogP contribution in [0.4, 0.5) is 0 Å². The zero-order valence-electron chi connectivity index (χ0n) is 7.21. The minimum atomic E-state index is 0.288. The first-order valence-corrected chi connectivity index (χ1v) is 5.46. The second-order valence-electron chi connectivity index (χ2n) is 3.21. The number of thioether (sulfide) groups is 1. The van der Waals surface area contributed by atoms with Gasteiger partial charge < -0.3 is 5.73 Å². The molecule has 0 saturated carbocycles. The highest BCUT2D eigenvalue weighted by atomic mass is 32.2. The number of rotatable bonds is 1. The average molecular weight is 179 g/mol. The summed E-state index contributed by atoms with van der Waals surface area (Å²) in [5.74, 6) is 0. The second-order valence-corrected chi connectivity index (χ2v) is 4.09. The molecule has 12 heavy (non-hydrogen) atoms. The van der Waals surface area contributed by atoms with Crippen molar-refractivity contribution in [1.82, 2.24) is 0 Å². The van der Waals surface area contributed by atoms with E-state index >= 15 is 0 Å². The van der Waals surface area contributed by atoms with Crippen molar-refractivity contribution in [2.24, 2.45) is 5.73 Å². The standard InChI is InChI=1S/C10H13NS/c1-12-8-3-4-9-7(6-8)2-5-10(9)11/h3-4,6,10H,2,5,11H2,1H3/t10-/m0/s1. The summed E-state index contributed by atoms with van der Waals surface area (Å²) in [6, 6.07) is 6.90. The predicted octanol–water partition coefficient (Wildman–Crippen LogP) is 2.35. The van der Waals surface area contributed by atoms with Gasteiger partial charge in [-0.3, -0.25) is 0 Å². The van der Waals surface area contributed by atoms with Crippen molar-refractivity contribution in [3.05, 3.63) is 29.3 Å². The topological polar surface area (TPSA) is 26.0 Å². The zero-order chi connectivity index (χ0) is 8.55. The first-order chi connectivity index (χ1) is 5.81. The molecule has 1 aromatic carbocycles. The summed E-state index contributed by atoms with van der Waals surface area (Å²) in [5, 5.41) is 0. The second kappa shape index (κ2) is 3.11. The van der Waals surface area contributed by atoms with E-state index in [1.165, 1.54) is 16.0 Å². The van der Waals surface area contributed by atoms with Crippen LogP contribution in [0, 0.1) is 0 Å². The van der Waals surface area contributed by atoms with E-state index in [9.17, 15) is 0 Å². The number of benzene rings is 1. The van der Waals surface area contributed by atoms with Crippen molar-refractivity contribution in [3.8, 4) is 0 Å². The number of aryl methyl sites for hydroxylation is 1. The summed E-state index contributed by atoms with van der Waals surface area (Å²) in [5.41, 5.74) is 8.74. The number of hydrogen-bond acceptors (Lipinski definition) is 2. The summed E-state index contributed by atoms with van der Waals surface area (Å²) in [6.45, 7) is 0. The van der Waals surface area contributed by atoms with Crippen molar-refractivity contribution in [1.29, 1.82) is 0 Å². The van der Waals surface area contributed by atoms with Gasteiger partial charge in [0.25, 0.3) is 0 Å². The van der Waals surface area contributed by atoms with Gasteiger partial charge >= 0.3 is 0 Å². The summed E-state index contributed by atoms with van der Waals surface area (Å²) < 4.78 is 0. The van der Waals surface area contributed by atoms with Crippen LogP contribution in [-0.2, 0) is 6.42 Å². The monoisotopic (exact) mass is 179 g/mol. The van der Waals surface area contributed by atoms with E-state index in [-0.39, 0.29) is 6.04 Å².